The van der Waals surface area contributed by atoms with Crippen LogP contribution in [0.1, 0.15) is 22.6 Å². The molecule has 0 amide bonds. The second-order valence-electron chi connectivity index (χ2n) is 6.19. The molecule has 1 saturated heterocycles. The highest BCUT2D eigenvalue weighted by Gasteiger charge is 2.25. The van der Waals surface area contributed by atoms with Crippen LogP contribution in [0, 0.1) is 18.7 Å². The topological polar surface area (TPSA) is 40.5 Å². The van der Waals surface area contributed by atoms with Crippen molar-refractivity contribution in [1.29, 1.82) is 0 Å². The average molecular weight is 346 g/mol. The van der Waals surface area contributed by atoms with Gasteiger partial charge in [0.05, 0.1) is 17.7 Å². The molecule has 1 aliphatic rings. The molecule has 6 heteroatoms. The minimum atomic E-state index is -0.172. The Morgan fingerprint density at radius 1 is 1.42 bits per heavy atom. The van der Waals surface area contributed by atoms with E-state index in [1.165, 1.54) is 10.4 Å². The van der Waals surface area contributed by atoms with Crippen LogP contribution in [-0.4, -0.2) is 36.0 Å². The van der Waals surface area contributed by atoms with Crippen molar-refractivity contribution >= 4 is 17.3 Å². The summed E-state index contributed by atoms with van der Waals surface area (Å²) in [4.78, 5) is 12.3. The Bertz CT molecular complexity index is 695. The SMILES string of the molecule is CN=C(NCc1scnc1C)N1CCC(Cc2ccc(F)cc2)C1. The van der Waals surface area contributed by atoms with Gasteiger partial charge in [-0.25, -0.2) is 9.37 Å². The molecular formula is C18H23FN4S. The zero-order chi connectivity index (χ0) is 16.9. The summed E-state index contributed by atoms with van der Waals surface area (Å²) in [5.74, 6) is 1.36. The minimum Gasteiger partial charge on any atom is -0.351 e. The summed E-state index contributed by atoms with van der Waals surface area (Å²) in [5.41, 5.74) is 4.16. The third-order valence-corrected chi connectivity index (χ3v) is 5.42. The van der Waals surface area contributed by atoms with Crippen molar-refractivity contribution in [3.05, 3.63) is 51.7 Å². The number of aromatic nitrogens is 1. The molecule has 1 N–H and O–H groups in total. The van der Waals surface area contributed by atoms with E-state index in [9.17, 15) is 4.39 Å². The van der Waals surface area contributed by atoms with Crippen LogP contribution in [0.15, 0.2) is 34.8 Å². The number of guanidine groups is 1. The second-order valence-corrected chi connectivity index (χ2v) is 7.13. The fourth-order valence-electron chi connectivity index (χ4n) is 3.13. The Hall–Kier alpha value is -1.95. The van der Waals surface area contributed by atoms with E-state index in [0.29, 0.717) is 5.92 Å². The van der Waals surface area contributed by atoms with Crippen molar-refractivity contribution in [3.63, 3.8) is 0 Å². The minimum absolute atomic E-state index is 0.172. The van der Waals surface area contributed by atoms with Crippen LogP contribution < -0.4 is 5.32 Å². The van der Waals surface area contributed by atoms with Crippen LogP contribution in [-0.2, 0) is 13.0 Å². The first-order valence-corrected chi connectivity index (χ1v) is 9.12. The molecule has 2 heterocycles. The van der Waals surface area contributed by atoms with Gasteiger partial charge >= 0.3 is 0 Å². The predicted octanol–water partition coefficient (Wildman–Crippen LogP) is 3.23. The number of aliphatic imine (C=N–C) groups is 1. The van der Waals surface area contributed by atoms with E-state index < -0.39 is 0 Å². The highest BCUT2D eigenvalue weighted by atomic mass is 32.1. The van der Waals surface area contributed by atoms with Crippen LogP contribution in [0.4, 0.5) is 4.39 Å². The fraction of sp³-hybridized carbons (Fsp3) is 0.444. The Balaban J connectivity index is 1.53. The van der Waals surface area contributed by atoms with Crippen molar-refractivity contribution in [3.8, 4) is 0 Å². The molecule has 1 aromatic carbocycles. The molecule has 24 heavy (non-hydrogen) atoms. The van der Waals surface area contributed by atoms with Crippen molar-refractivity contribution in [2.45, 2.75) is 26.3 Å². The Kier molecular flexibility index (Phi) is 5.45. The quantitative estimate of drug-likeness (QED) is 0.682. The van der Waals surface area contributed by atoms with Crippen molar-refractivity contribution in [2.75, 3.05) is 20.1 Å². The summed E-state index contributed by atoms with van der Waals surface area (Å²) in [6.45, 7) is 4.79. The fourth-order valence-corrected chi connectivity index (χ4v) is 3.85. The van der Waals surface area contributed by atoms with Gasteiger partial charge in [0, 0.05) is 25.0 Å². The molecule has 128 valence electrons. The molecule has 3 rings (SSSR count). The number of hydrogen-bond acceptors (Lipinski definition) is 3. The molecule has 4 nitrogen and oxygen atoms in total. The first-order valence-electron chi connectivity index (χ1n) is 8.24. The van der Waals surface area contributed by atoms with Gasteiger partial charge < -0.3 is 10.2 Å². The zero-order valence-electron chi connectivity index (χ0n) is 14.1. The molecular weight excluding hydrogens is 323 g/mol. The first-order chi connectivity index (χ1) is 11.7. The number of likely N-dealkylation sites (tertiary alicyclic amines) is 1. The van der Waals surface area contributed by atoms with E-state index in [2.05, 4.69) is 20.2 Å². The van der Waals surface area contributed by atoms with E-state index >= 15 is 0 Å². The van der Waals surface area contributed by atoms with Crippen LogP contribution in [0.25, 0.3) is 0 Å². The standard InChI is InChI=1S/C18H23FN4S/c1-13-17(24-12-22-13)10-21-18(20-2)23-8-7-15(11-23)9-14-3-5-16(19)6-4-14/h3-6,12,15H,7-11H2,1-2H3,(H,20,21). The number of hydrogen-bond donors (Lipinski definition) is 1. The highest BCUT2D eigenvalue weighted by Crippen LogP contribution is 2.21. The van der Waals surface area contributed by atoms with Gasteiger partial charge in [-0.2, -0.15) is 0 Å². The summed E-state index contributed by atoms with van der Waals surface area (Å²) in [6.07, 6.45) is 2.12. The lowest BCUT2D eigenvalue weighted by Crippen LogP contribution is -2.39. The lowest BCUT2D eigenvalue weighted by atomic mass is 9.99. The molecule has 0 radical (unpaired) electrons. The molecule has 2 aromatic rings. The first kappa shape index (κ1) is 16.9. The van der Waals surface area contributed by atoms with Gasteiger partial charge in [0.25, 0.3) is 0 Å². The number of rotatable bonds is 4. The van der Waals surface area contributed by atoms with Gasteiger partial charge in [-0.05, 0) is 43.4 Å². The number of thiazole rings is 1. The van der Waals surface area contributed by atoms with Crippen LogP contribution in [0.3, 0.4) is 0 Å². The van der Waals surface area contributed by atoms with Crippen molar-refractivity contribution < 1.29 is 4.39 Å². The van der Waals surface area contributed by atoms with E-state index in [-0.39, 0.29) is 5.82 Å². The lowest BCUT2D eigenvalue weighted by Gasteiger charge is -2.21. The Morgan fingerprint density at radius 3 is 2.88 bits per heavy atom. The monoisotopic (exact) mass is 346 g/mol. The smallest absolute Gasteiger partial charge is 0.193 e. The average Bonchev–Trinajstić information content (AvgIpc) is 3.20. The number of halogens is 1. The molecule has 0 aliphatic carbocycles. The second kappa shape index (κ2) is 7.75. The number of benzene rings is 1. The number of nitrogens with one attached hydrogen (secondary N) is 1. The lowest BCUT2D eigenvalue weighted by molar-refractivity contribution is 0.460. The van der Waals surface area contributed by atoms with Crippen LogP contribution in [0.2, 0.25) is 0 Å². The molecule has 1 aliphatic heterocycles. The predicted molar refractivity (Wildman–Crippen MR) is 96.8 cm³/mol. The van der Waals surface area contributed by atoms with Crippen LogP contribution >= 0.6 is 11.3 Å². The van der Waals surface area contributed by atoms with Gasteiger partial charge in [0.2, 0.25) is 0 Å². The molecule has 1 fully saturated rings. The van der Waals surface area contributed by atoms with Crippen molar-refractivity contribution in [2.24, 2.45) is 10.9 Å². The third-order valence-electron chi connectivity index (χ3n) is 4.49. The maximum Gasteiger partial charge on any atom is 0.193 e. The van der Waals surface area contributed by atoms with E-state index in [1.54, 1.807) is 23.5 Å². The van der Waals surface area contributed by atoms with E-state index in [4.69, 9.17) is 0 Å². The molecule has 0 bridgehead atoms. The summed E-state index contributed by atoms with van der Waals surface area (Å²) >= 11 is 1.67. The third kappa shape index (κ3) is 4.12. The largest absolute Gasteiger partial charge is 0.351 e. The molecule has 1 aromatic heterocycles. The van der Waals surface area contributed by atoms with Gasteiger partial charge in [0.15, 0.2) is 5.96 Å². The molecule has 1 unspecified atom stereocenters. The normalized spacial score (nSPS) is 18.2. The van der Waals surface area contributed by atoms with Gasteiger partial charge in [-0.3, -0.25) is 4.99 Å². The van der Waals surface area contributed by atoms with Crippen LogP contribution in [0.5, 0.6) is 0 Å². The number of aryl methyl sites for hydroxylation is 1. The highest BCUT2D eigenvalue weighted by molar-refractivity contribution is 7.09. The summed E-state index contributed by atoms with van der Waals surface area (Å²) in [6, 6.07) is 6.86. The summed E-state index contributed by atoms with van der Waals surface area (Å²) < 4.78 is 13.0. The molecule has 0 saturated carbocycles. The van der Waals surface area contributed by atoms with E-state index in [1.807, 2.05) is 31.6 Å². The maximum atomic E-state index is 13.0. The summed E-state index contributed by atoms with van der Waals surface area (Å²) in [7, 11) is 1.83. The summed E-state index contributed by atoms with van der Waals surface area (Å²) in [5, 5.41) is 3.44. The van der Waals surface area contributed by atoms with E-state index in [0.717, 1.165) is 44.1 Å². The number of nitrogens with zero attached hydrogens (tertiary/aromatic N) is 3. The van der Waals surface area contributed by atoms with Gasteiger partial charge in [-0.1, -0.05) is 12.1 Å². The Morgan fingerprint density at radius 2 is 2.21 bits per heavy atom. The zero-order valence-corrected chi connectivity index (χ0v) is 14.9. The molecule has 0 spiro atoms. The Labute approximate surface area is 146 Å². The van der Waals surface area contributed by atoms with Gasteiger partial charge in [0.1, 0.15) is 5.82 Å². The maximum absolute atomic E-state index is 13.0. The molecule has 1 atom stereocenters. The van der Waals surface area contributed by atoms with Gasteiger partial charge in [-0.15, -0.1) is 11.3 Å². The van der Waals surface area contributed by atoms with Crippen molar-refractivity contribution in [1.82, 2.24) is 15.2 Å².